The van der Waals surface area contributed by atoms with Crippen LogP contribution in [-0.2, 0) is 0 Å². The minimum atomic E-state index is -0.313. The topological polar surface area (TPSA) is 21.3 Å². The maximum Gasteiger partial charge on any atom is 0.124 e. The molecule has 1 N–H and O–H groups in total. The molecule has 1 aliphatic heterocycles. The van der Waals surface area contributed by atoms with Gasteiger partial charge in [0.2, 0.25) is 0 Å². The van der Waals surface area contributed by atoms with Gasteiger partial charge in [-0.2, -0.15) is 0 Å². The number of hydrogen-bond acceptors (Lipinski definition) is 2. The number of halogens is 2. The minimum absolute atomic E-state index is 0.0363. The van der Waals surface area contributed by atoms with Crippen molar-refractivity contribution in [3.05, 3.63) is 64.4 Å². The third-order valence-corrected chi connectivity index (χ3v) is 4.17. The van der Waals surface area contributed by atoms with E-state index in [1.807, 2.05) is 25.1 Å². The van der Waals surface area contributed by atoms with E-state index >= 15 is 0 Å². The summed E-state index contributed by atoms with van der Waals surface area (Å²) in [4.78, 5) is 0. The van der Waals surface area contributed by atoms with E-state index in [2.05, 4.69) is 11.4 Å². The van der Waals surface area contributed by atoms with Crippen LogP contribution in [0.5, 0.6) is 5.75 Å². The van der Waals surface area contributed by atoms with E-state index < -0.39 is 0 Å². The van der Waals surface area contributed by atoms with Crippen LogP contribution in [0, 0.1) is 5.82 Å². The molecule has 2 atom stereocenters. The lowest BCUT2D eigenvalue weighted by atomic mass is 9.98. The van der Waals surface area contributed by atoms with E-state index in [-0.39, 0.29) is 17.9 Å². The molecule has 2 unspecified atom stereocenters. The van der Waals surface area contributed by atoms with Gasteiger partial charge in [0, 0.05) is 29.1 Å². The van der Waals surface area contributed by atoms with Gasteiger partial charge in [-0.25, -0.2) is 4.39 Å². The van der Waals surface area contributed by atoms with E-state index in [1.165, 1.54) is 12.1 Å². The zero-order valence-corrected chi connectivity index (χ0v) is 12.5. The van der Waals surface area contributed by atoms with Gasteiger partial charge in [-0.1, -0.05) is 35.9 Å². The highest BCUT2D eigenvalue weighted by atomic mass is 35.5. The number of benzene rings is 2. The van der Waals surface area contributed by atoms with Crippen LogP contribution in [0.15, 0.2) is 42.5 Å². The summed E-state index contributed by atoms with van der Waals surface area (Å²) in [5.41, 5.74) is 2.07. The molecule has 110 valence electrons. The molecule has 0 fully saturated rings. The lowest BCUT2D eigenvalue weighted by Crippen LogP contribution is -2.29. The van der Waals surface area contributed by atoms with Gasteiger partial charge >= 0.3 is 0 Å². The smallest absolute Gasteiger partial charge is 0.124 e. The van der Waals surface area contributed by atoms with Gasteiger partial charge < -0.3 is 10.1 Å². The molecule has 2 aromatic rings. The molecule has 2 aromatic carbocycles. The van der Waals surface area contributed by atoms with Crippen LogP contribution in [0.4, 0.5) is 4.39 Å². The fraction of sp³-hybridized carbons (Fsp3) is 0.294. The molecule has 0 saturated heterocycles. The summed E-state index contributed by atoms with van der Waals surface area (Å²) in [6.07, 6.45) is 0.903. The van der Waals surface area contributed by atoms with Crippen molar-refractivity contribution in [1.82, 2.24) is 5.32 Å². The van der Waals surface area contributed by atoms with E-state index in [9.17, 15) is 4.39 Å². The van der Waals surface area contributed by atoms with Crippen molar-refractivity contribution in [2.75, 3.05) is 6.61 Å². The van der Waals surface area contributed by atoms with Gasteiger partial charge in [0.05, 0.1) is 6.61 Å². The van der Waals surface area contributed by atoms with Crippen LogP contribution in [0.25, 0.3) is 0 Å². The van der Waals surface area contributed by atoms with Crippen LogP contribution in [0.3, 0.4) is 0 Å². The number of fused-ring (bicyclic) bond motifs is 1. The molecule has 0 bridgehead atoms. The molecule has 1 aliphatic rings. The summed E-state index contributed by atoms with van der Waals surface area (Å²) >= 11 is 6.14. The first-order chi connectivity index (χ1) is 10.1. The average molecular weight is 306 g/mol. The predicted octanol–water partition coefficient (Wildman–Crippen LogP) is 4.65. The lowest BCUT2D eigenvalue weighted by Gasteiger charge is -2.29. The third-order valence-electron chi connectivity index (χ3n) is 3.84. The molecule has 0 aliphatic carbocycles. The molecule has 3 rings (SSSR count). The molecule has 0 saturated carbocycles. The maximum absolute atomic E-state index is 13.1. The van der Waals surface area contributed by atoms with Crippen molar-refractivity contribution < 1.29 is 9.13 Å². The zero-order chi connectivity index (χ0) is 14.8. The van der Waals surface area contributed by atoms with E-state index in [0.29, 0.717) is 11.6 Å². The van der Waals surface area contributed by atoms with Gasteiger partial charge in [0.1, 0.15) is 11.6 Å². The summed E-state index contributed by atoms with van der Waals surface area (Å²) < 4.78 is 18.8. The molecule has 2 nitrogen and oxygen atoms in total. The number of ether oxygens (including phenoxy) is 1. The average Bonchev–Trinajstić information content (AvgIpc) is 2.47. The van der Waals surface area contributed by atoms with Crippen molar-refractivity contribution in [3.8, 4) is 5.75 Å². The normalized spacial score (nSPS) is 18.7. The summed E-state index contributed by atoms with van der Waals surface area (Å²) in [7, 11) is 0. The monoisotopic (exact) mass is 305 g/mol. The Hall–Kier alpha value is -1.58. The maximum atomic E-state index is 13.1. The van der Waals surface area contributed by atoms with Crippen LogP contribution in [0.2, 0.25) is 5.02 Å². The van der Waals surface area contributed by atoms with Crippen LogP contribution >= 0.6 is 11.6 Å². The highest BCUT2D eigenvalue weighted by Crippen LogP contribution is 2.34. The van der Waals surface area contributed by atoms with Crippen molar-refractivity contribution in [3.63, 3.8) is 0 Å². The Labute approximate surface area is 128 Å². The fourth-order valence-corrected chi connectivity index (χ4v) is 3.09. The minimum Gasteiger partial charge on any atom is -0.493 e. The standard InChI is InChI=1S/C17H17ClFNO/c1-11(13-7-6-12(19)10-15(13)18)20-16-8-9-21-17-5-3-2-4-14(16)17/h2-7,10-11,16,20H,8-9H2,1H3. The van der Waals surface area contributed by atoms with Gasteiger partial charge in [-0.3, -0.25) is 0 Å². The Morgan fingerprint density at radius 3 is 2.90 bits per heavy atom. The highest BCUT2D eigenvalue weighted by molar-refractivity contribution is 6.31. The SMILES string of the molecule is CC(NC1CCOc2ccccc21)c1ccc(F)cc1Cl. The molecule has 0 amide bonds. The molecule has 4 heteroatoms. The van der Waals surface area contributed by atoms with Crippen molar-refractivity contribution >= 4 is 11.6 Å². The number of nitrogens with one attached hydrogen (secondary N) is 1. The molecule has 21 heavy (non-hydrogen) atoms. The Morgan fingerprint density at radius 1 is 1.29 bits per heavy atom. The quantitative estimate of drug-likeness (QED) is 0.891. The summed E-state index contributed by atoms with van der Waals surface area (Å²) in [6.45, 7) is 2.73. The lowest BCUT2D eigenvalue weighted by molar-refractivity contribution is 0.246. The predicted molar refractivity (Wildman–Crippen MR) is 82.3 cm³/mol. The van der Waals surface area contributed by atoms with Crippen LogP contribution in [-0.4, -0.2) is 6.61 Å². The van der Waals surface area contributed by atoms with Crippen molar-refractivity contribution in [2.24, 2.45) is 0 Å². The van der Waals surface area contributed by atoms with Gasteiger partial charge in [0.25, 0.3) is 0 Å². The van der Waals surface area contributed by atoms with Crippen LogP contribution < -0.4 is 10.1 Å². The molecule has 1 heterocycles. The summed E-state index contributed by atoms with van der Waals surface area (Å²) in [6, 6.07) is 12.8. The Morgan fingerprint density at radius 2 is 2.10 bits per heavy atom. The molecule has 0 aromatic heterocycles. The molecule has 0 spiro atoms. The second kappa shape index (κ2) is 6.04. The summed E-state index contributed by atoms with van der Waals surface area (Å²) in [5.74, 6) is 0.617. The molecular formula is C17H17ClFNO. The van der Waals surface area contributed by atoms with E-state index in [1.54, 1.807) is 6.07 Å². The number of para-hydroxylation sites is 1. The second-order valence-electron chi connectivity index (χ2n) is 5.28. The van der Waals surface area contributed by atoms with Crippen molar-refractivity contribution in [1.29, 1.82) is 0 Å². The van der Waals surface area contributed by atoms with E-state index in [0.717, 1.165) is 23.3 Å². The van der Waals surface area contributed by atoms with Crippen molar-refractivity contribution in [2.45, 2.75) is 25.4 Å². The first-order valence-corrected chi connectivity index (χ1v) is 7.45. The second-order valence-corrected chi connectivity index (χ2v) is 5.69. The molecular weight excluding hydrogens is 289 g/mol. The summed E-state index contributed by atoms with van der Waals surface area (Å²) in [5, 5.41) is 4.02. The Balaban J connectivity index is 1.81. The van der Waals surface area contributed by atoms with Gasteiger partial charge in [0.15, 0.2) is 0 Å². The van der Waals surface area contributed by atoms with Gasteiger partial charge in [-0.15, -0.1) is 0 Å². The zero-order valence-electron chi connectivity index (χ0n) is 11.8. The first kappa shape index (κ1) is 14.4. The van der Waals surface area contributed by atoms with Gasteiger partial charge in [-0.05, 0) is 30.7 Å². The Bertz CT molecular complexity index is 646. The first-order valence-electron chi connectivity index (χ1n) is 7.08. The van der Waals surface area contributed by atoms with E-state index in [4.69, 9.17) is 16.3 Å². The Kier molecular flexibility index (Phi) is 4.13. The largest absolute Gasteiger partial charge is 0.493 e. The number of hydrogen-bond donors (Lipinski definition) is 1. The molecule has 0 radical (unpaired) electrons. The fourth-order valence-electron chi connectivity index (χ4n) is 2.76. The van der Waals surface area contributed by atoms with Crippen LogP contribution in [0.1, 0.15) is 36.6 Å². The highest BCUT2D eigenvalue weighted by Gasteiger charge is 2.23. The third kappa shape index (κ3) is 3.04. The number of rotatable bonds is 3.